The molecule has 2 heteroatoms. The summed E-state index contributed by atoms with van der Waals surface area (Å²) in [4.78, 5) is 14.7. The molecule has 0 radical (unpaired) electrons. The Morgan fingerprint density at radius 3 is 1.67 bits per heavy atom. The highest BCUT2D eigenvalue weighted by atomic mass is 16.2. The minimum atomic E-state index is 0.373. The summed E-state index contributed by atoms with van der Waals surface area (Å²) in [6.45, 7) is 10.9. The first-order chi connectivity index (χ1) is 8.65. The third-order valence-electron chi connectivity index (χ3n) is 3.72. The van der Waals surface area contributed by atoms with E-state index in [1.807, 2.05) is 0 Å². The Morgan fingerprint density at radius 1 is 0.833 bits per heavy atom. The SMILES string of the molecule is CCCC(=O)N(C(CC)CC)C(CCC)CCC. The average molecular weight is 255 g/mol. The first-order valence-electron chi connectivity index (χ1n) is 7.97. The van der Waals surface area contributed by atoms with Gasteiger partial charge in [0.25, 0.3) is 0 Å². The average Bonchev–Trinajstić information content (AvgIpc) is 2.36. The molecule has 0 aromatic carbocycles. The molecule has 18 heavy (non-hydrogen) atoms. The molecule has 0 aromatic heterocycles. The third kappa shape index (κ3) is 5.41. The van der Waals surface area contributed by atoms with Crippen molar-refractivity contribution in [3.05, 3.63) is 0 Å². The van der Waals surface area contributed by atoms with Gasteiger partial charge in [-0.3, -0.25) is 4.79 Å². The quantitative estimate of drug-likeness (QED) is 0.550. The van der Waals surface area contributed by atoms with Crippen molar-refractivity contribution < 1.29 is 4.79 Å². The first-order valence-corrected chi connectivity index (χ1v) is 7.97. The van der Waals surface area contributed by atoms with Crippen LogP contribution in [-0.2, 0) is 4.79 Å². The lowest BCUT2D eigenvalue weighted by Gasteiger charge is -2.38. The Morgan fingerprint density at radius 2 is 1.33 bits per heavy atom. The van der Waals surface area contributed by atoms with E-state index in [0.29, 0.717) is 24.4 Å². The van der Waals surface area contributed by atoms with Crippen molar-refractivity contribution in [2.75, 3.05) is 0 Å². The summed E-state index contributed by atoms with van der Waals surface area (Å²) >= 11 is 0. The van der Waals surface area contributed by atoms with E-state index < -0.39 is 0 Å². The van der Waals surface area contributed by atoms with E-state index in [2.05, 4.69) is 39.5 Å². The Hall–Kier alpha value is -0.530. The van der Waals surface area contributed by atoms with Gasteiger partial charge in [-0.1, -0.05) is 47.5 Å². The van der Waals surface area contributed by atoms with Gasteiger partial charge in [0.05, 0.1) is 0 Å². The van der Waals surface area contributed by atoms with Crippen LogP contribution in [0.25, 0.3) is 0 Å². The highest BCUT2D eigenvalue weighted by Gasteiger charge is 2.27. The number of rotatable bonds is 10. The second kappa shape index (κ2) is 10.4. The van der Waals surface area contributed by atoms with Gasteiger partial charge in [0.2, 0.25) is 5.91 Å². The van der Waals surface area contributed by atoms with Crippen molar-refractivity contribution in [2.24, 2.45) is 0 Å². The lowest BCUT2D eigenvalue weighted by molar-refractivity contribution is -0.137. The Kier molecular flexibility index (Phi) is 10.1. The van der Waals surface area contributed by atoms with Crippen LogP contribution >= 0.6 is 0 Å². The molecule has 0 bridgehead atoms. The van der Waals surface area contributed by atoms with Gasteiger partial charge >= 0.3 is 0 Å². The number of carbonyl (C=O) groups is 1. The Balaban J connectivity index is 4.93. The molecule has 0 saturated carbocycles. The summed E-state index contributed by atoms with van der Waals surface area (Å²) in [5, 5.41) is 0. The van der Waals surface area contributed by atoms with Crippen LogP contribution < -0.4 is 0 Å². The summed E-state index contributed by atoms with van der Waals surface area (Å²) in [6, 6.07) is 0.899. The second-order valence-corrected chi connectivity index (χ2v) is 5.25. The normalized spacial score (nSPS) is 11.3. The molecule has 0 heterocycles. The molecule has 108 valence electrons. The second-order valence-electron chi connectivity index (χ2n) is 5.25. The number of amides is 1. The zero-order chi connectivity index (χ0) is 14.0. The van der Waals surface area contributed by atoms with Gasteiger partial charge in [-0.05, 0) is 32.1 Å². The highest BCUT2D eigenvalue weighted by Crippen LogP contribution is 2.21. The van der Waals surface area contributed by atoms with Gasteiger partial charge in [0.15, 0.2) is 0 Å². The van der Waals surface area contributed by atoms with E-state index in [-0.39, 0.29) is 0 Å². The Labute approximate surface area is 114 Å². The molecule has 0 aromatic rings. The maximum absolute atomic E-state index is 12.4. The van der Waals surface area contributed by atoms with E-state index in [0.717, 1.165) is 32.1 Å². The number of hydrogen-bond acceptors (Lipinski definition) is 1. The fraction of sp³-hybridized carbons (Fsp3) is 0.938. The van der Waals surface area contributed by atoms with E-state index >= 15 is 0 Å². The van der Waals surface area contributed by atoms with Crippen molar-refractivity contribution in [1.82, 2.24) is 4.90 Å². The molecular formula is C16H33NO. The predicted octanol–water partition coefficient (Wildman–Crippen LogP) is 4.77. The molecular weight excluding hydrogens is 222 g/mol. The standard InChI is InChI=1S/C16H33NO/c1-6-11-15(12-7-2)17(14(9-4)10-5)16(18)13-8-3/h14-15H,6-13H2,1-5H3. The largest absolute Gasteiger partial charge is 0.337 e. The summed E-state index contributed by atoms with van der Waals surface area (Å²) in [5.41, 5.74) is 0. The van der Waals surface area contributed by atoms with Gasteiger partial charge in [0, 0.05) is 18.5 Å². The number of nitrogens with zero attached hydrogens (tertiary/aromatic N) is 1. The fourth-order valence-electron chi connectivity index (χ4n) is 2.82. The van der Waals surface area contributed by atoms with Crippen molar-refractivity contribution in [1.29, 1.82) is 0 Å². The lowest BCUT2D eigenvalue weighted by atomic mass is 9.99. The highest BCUT2D eigenvalue weighted by molar-refractivity contribution is 5.76. The van der Waals surface area contributed by atoms with Crippen LogP contribution in [0.4, 0.5) is 0 Å². The summed E-state index contributed by atoms with van der Waals surface area (Å²) in [6.07, 6.45) is 8.47. The van der Waals surface area contributed by atoms with Crippen LogP contribution in [0.2, 0.25) is 0 Å². The molecule has 0 unspecified atom stereocenters. The van der Waals surface area contributed by atoms with Gasteiger partial charge in [0.1, 0.15) is 0 Å². The van der Waals surface area contributed by atoms with Crippen LogP contribution in [0.5, 0.6) is 0 Å². The third-order valence-corrected chi connectivity index (χ3v) is 3.72. The van der Waals surface area contributed by atoms with Crippen LogP contribution in [0.15, 0.2) is 0 Å². The van der Waals surface area contributed by atoms with Crippen LogP contribution in [-0.4, -0.2) is 22.9 Å². The van der Waals surface area contributed by atoms with E-state index in [4.69, 9.17) is 0 Å². The molecule has 0 rings (SSSR count). The first kappa shape index (κ1) is 17.5. The molecule has 0 atom stereocenters. The van der Waals surface area contributed by atoms with Crippen molar-refractivity contribution in [3.63, 3.8) is 0 Å². The minimum absolute atomic E-state index is 0.373. The summed E-state index contributed by atoms with van der Waals surface area (Å²) in [7, 11) is 0. The Bertz CT molecular complexity index is 205. The fourth-order valence-corrected chi connectivity index (χ4v) is 2.82. The summed E-state index contributed by atoms with van der Waals surface area (Å²) in [5.74, 6) is 0.373. The molecule has 1 amide bonds. The molecule has 0 spiro atoms. The van der Waals surface area contributed by atoms with Gasteiger partial charge in [-0.2, -0.15) is 0 Å². The molecule has 0 aliphatic rings. The maximum atomic E-state index is 12.4. The van der Waals surface area contributed by atoms with Crippen LogP contribution in [0.3, 0.4) is 0 Å². The van der Waals surface area contributed by atoms with E-state index in [1.54, 1.807) is 0 Å². The lowest BCUT2D eigenvalue weighted by Crippen LogP contribution is -2.46. The number of hydrogen-bond donors (Lipinski definition) is 0. The zero-order valence-corrected chi connectivity index (χ0v) is 13.2. The molecule has 2 nitrogen and oxygen atoms in total. The minimum Gasteiger partial charge on any atom is -0.337 e. The van der Waals surface area contributed by atoms with Gasteiger partial charge in [-0.25, -0.2) is 0 Å². The van der Waals surface area contributed by atoms with Crippen molar-refractivity contribution in [2.45, 2.75) is 98.1 Å². The molecule has 0 aliphatic heterocycles. The van der Waals surface area contributed by atoms with Crippen LogP contribution in [0, 0.1) is 0 Å². The van der Waals surface area contributed by atoms with Crippen molar-refractivity contribution >= 4 is 5.91 Å². The van der Waals surface area contributed by atoms with E-state index in [1.165, 1.54) is 12.8 Å². The smallest absolute Gasteiger partial charge is 0.223 e. The predicted molar refractivity (Wildman–Crippen MR) is 79.7 cm³/mol. The van der Waals surface area contributed by atoms with E-state index in [9.17, 15) is 4.79 Å². The van der Waals surface area contributed by atoms with Gasteiger partial charge < -0.3 is 4.90 Å². The van der Waals surface area contributed by atoms with Crippen molar-refractivity contribution in [3.8, 4) is 0 Å². The topological polar surface area (TPSA) is 20.3 Å². The van der Waals surface area contributed by atoms with Crippen LogP contribution in [0.1, 0.15) is 86.0 Å². The number of carbonyl (C=O) groups excluding carboxylic acids is 1. The molecule has 0 aliphatic carbocycles. The zero-order valence-electron chi connectivity index (χ0n) is 13.2. The summed E-state index contributed by atoms with van der Waals surface area (Å²) < 4.78 is 0. The molecule has 0 fully saturated rings. The molecule has 0 saturated heterocycles. The monoisotopic (exact) mass is 255 g/mol. The van der Waals surface area contributed by atoms with Gasteiger partial charge in [-0.15, -0.1) is 0 Å². The maximum Gasteiger partial charge on any atom is 0.223 e. The molecule has 0 N–H and O–H groups in total.